The molecule has 1 N–H and O–H groups in total. The summed E-state index contributed by atoms with van der Waals surface area (Å²) in [5.41, 5.74) is 1.16. The van der Waals surface area contributed by atoms with Crippen LogP contribution in [0, 0.1) is 4.77 Å². The topological polar surface area (TPSA) is 52.1 Å². The van der Waals surface area contributed by atoms with Crippen LogP contribution in [0.25, 0.3) is 10.7 Å². The lowest BCUT2D eigenvalue weighted by Crippen LogP contribution is -2.04. The van der Waals surface area contributed by atoms with Crippen LogP contribution in [0.15, 0.2) is 35.7 Å². The van der Waals surface area contributed by atoms with Gasteiger partial charge in [0.05, 0.1) is 19.1 Å². The van der Waals surface area contributed by atoms with Gasteiger partial charge in [0.15, 0.2) is 22.1 Å². The molecule has 0 radical (unpaired) electrons. The van der Waals surface area contributed by atoms with E-state index >= 15 is 0 Å². The highest BCUT2D eigenvalue weighted by Gasteiger charge is 2.10. The normalized spacial score (nSPS) is 10.7. The van der Waals surface area contributed by atoms with Gasteiger partial charge < -0.3 is 9.47 Å². The van der Waals surface area contributed by atoms with E-state index < -0.39 is 0 Å². The Morgan fingerprint density at radius 3 is 2.74 bits per heavy atom. The molecule has 0 amide bonds. The van der Waals surface area contributed by atoms with Crippen molar-refractivity contribution in [2.75, 3.05) is 14.2 Å². The number of aromatic nitrogens is 3. The lowest BCUT2D eigenvalue weighted by atomic mass is 10.1. The first kappa shape index (κ1) is 15.8. The van der Waals surface area contributed by atoms with Gasteiger partial charge in [0.25, 0.3) is 0 Å². The molecule has 3 rings (SSSR count). The first-order chi connectivity index (χ1) is 11.2. The van der Waals surface area contributed by atoms with Crippen LogP contribution in [0.2, 0.25) is 0 Å². The number of ether oxygens (including phenoxy) is 2. The molecule has 23 heavy (non-hydrogen) atoms. The molecule has 0 bridgehead atoms. The van der Waals surface area contributed by atoms with E-state index in [1.165, 1.54) is 0 Å². The largest absolute Gasteiger partial charge is 0.493 e. The quantitative estimate of drug-likeness (QED) is 0.687. The van der Waals surface area contributed by atoms with Crippen LogP contribution in [-0.2, 0) is 13.0 Å². The third-order valence-corrected chi connectivity index (χ3v) is 4.75. The molecule has 7 heteroatoms. The molecule has 0 saturated heterocycles. The van der Waals surface area contributed by atoms with Crippen LogP contribution >= 0.6 is 23.6 Å². The van der Waals surface area contributed by atoms with Gasteiger partial charge in [-0.2, -0.15) is 5.10 Å². The number of H-pyrrole nitrogens is 1. The van der Waals surface area contributed by atoms with E-state index in [-0.39, 0.29) is 0 Å². The monoisotopic (exact) mass is 347 g/mol. The Morgan fingerprint density at radius 1 is 1.22 bits per heavy atom. The highest BCUT2D eigenvalue weighted by molar-refractivity contribution is 7.71. The predicted molar refractivity (Wildman–Crippen MR) is 94.0 cm³/mol. The second-order valence-corrected chi connectivity index (χ2v) is 6.26. The van der Waals surface area contributed by atoms with Gasteiger partial charge in [-0.1, -0.05) is 12.1 Å². The average Bonchev–Trinajstić information content (AvgIpc) is 3.22. The van der Waals surface area contributed by atoms with Crippen molar-refractivity contribution in [1.82, 2.24) is 14.8 Å². The highest BCUT2D eigenvalue weighted by atomic mass is 32.1. The van der Waals surface area contributed by atoms with Crippen molar-refractivity contribution < 1.29 is 9.47 Å². The average molecular weight is 347 g/mol. The summed E-state index contributed by atoms with van der Waals surface area (Å²) in [4.78, 5) is 1.10. The van der Waals surface area contributed by atoms with Gasteiger partial charge in [0, 0.05) is 6.54 Å². The smallest absolute Gasteiger partial charge is 0.195 e. The Morgan fingerprint density at radius 2 is 2.04 bits per heavy atom. The van der Waals surface area contributed by atoms with Gasteiger partial charge in [-0.3, -0.25) is 9.67 Å². The second-order valence-electron chi connectivity index (χ2n) is 4.92. The van der Waals surface area contributed by atoms with Crippen molar-refractivity contribution >= 4 is 23.6 Å². The molecule has 2 heterocycles. The lowest BCUT2D eigenvalue weighted by molar-refractivity contribution is 0.354. The third kappa shape index (κ3) is 3.30. The minimum atomic E-state index is 0.633. The van der Waals surface area contributed by atoms with Gasteiger partial charge >= 0.3 is 0 Å². The number of benzene rings is 1. The van der Waals surface area contributed by atoms with Gasteiger partial charge in [-0.15, -0.1) is 11.3 Å². The Bertz CT molecular complexity index is 837. The molecule has 0 aliphatic heterocycles. The molecule has 0 unspecified atom stereocenters. The number of aromatic amines is 1. The first-order valence-corrected chi connectivity index (χ1v) is 8.41. The summed E-state index contributed by atoms with van der Waals surface area (Å²) in [5, 5.41) is 9.26. The zero-order valence-corrected chi connectivity index (χ0v) is 14.5. The number of hydrogen-bond acceptors (Lipinski definition) is 5. The van der Waals surface area contributed by atoms with E-state index in [9.17, 15) is 0 Å². The number of thiophene rings is 1. The number of nitrogens with zero attached hydrogens (tertiary/aromatic N) is 2. The molecule has 5 nitrogen and oxygen atoms in total. The number of aryl methyl sites for hydroxylation is 1. The fourth-order valence-electron chi connectivity index (χ4n) is 2.40. The second kappa shape index (κ2) is 6.97. The SMILES string of the molecule is COc1ccc(CCn2c(-c3cccs3)n[nH]c2=S)cc1OC. The molecule has 0 spiro atoms. The zero-order valence-electron chi connectivity index (χ0n) is 12.9. The Kier molecular flexibility index (Phi) is 4.78. The number of hydrogen-bond donors (Lipinski definition) is 1. The molecule has 3 aromatic rings. The fraction of sp³-hybridized carbons (Fsp3) is 0.250. The number of methoxy groups -OCH3 is 2. The molecule has 0 aliphatic carbocycles. The summed E-state index contributed by atoms with van der Waals surface area (Å²) in [6, 6.07) is 10.0. The highest BCUT2D eigenvalue weighted by Crippen LogP contribution is 2.28. The lowest BCUT2D eigenvalue weighted by Gasteiger charge is -2.10. The van der Waals surface area contributed by atoms with Crippen LogP contribution in [0.4, 0.5) is 0 Å². The van der Waals surface area contributed by atoms with Crippen LogP contribution < -0.4 is 9.47 Å². The Hall–Kier alpha value is -2.12. The Balaban J connectivity index is 1.82. The van der Waals surface area contributed by atoms with E-state index in [1.807, 2.05) is 40.3 Å². The third-order valence-electron chi connectivity index (χ3n) is 3.57. The molecule has 1 aromatic carbocycles. The van der Waals surface area contributed by atoms with E-state index in [0.29, 0.717) is 4.77 Å². The summed E-state index contributed by atoms with van der Waals surface area (Å²) in [6.07, 6.45) is 0.826. The predicted octanol–water partition coefficient (Wildman–Crippen LogP) is 3.93. The molecule has 2 aromatic heterocycles. The summed E-state index contributed by atoms with van der Waals surface area (Å²) in [7, 11) is 3.28. The van der Waals surface area contributed by atoms with E-state index in [4.69, 9.17) is 21.7 Å². The van der Waals surface area contributed by atoms with E-state index in [2.05, 4.69) is 10.2 Å². The summed E-state index contributed by atoms with van der Waals surface area (Å²) < 4.78 is 13.3. The van der Waals surface area contributed by atoms with Crippen LogP contribution in [0.5, 0.6) is 11.5 Å². The van der Waals surface area contributed by atoms with Crippen molar-refractivity contribution in [3.63, 3.8) is 0 Å². The number of nitrogens with one attached hydrogen (secondary N) is 1. The number of rotatable bonds is 6. The van der Waals surface area contributed by atoms with Crippen LogP contribution in [0.3, 0.4) is 0 Å². The zero-order chi connectivity index (χ0) is 16.2. The van der Waals surface area contributed by atoms with Crippen molar-refractivity contribution in [2.24, 2.45) is 0 Å². The molecule has 0 aliphatic rings. The van der Waals surface area contributed by atoms with Gasteiger partial charge in [0.1, 0.15) is 0 Å². The molecule has 0 saturated carbocycles. The standard InChI is InChI=1S/C16H17N3O2S2/c1-20-12-6-5-11(10-13(12)21-2)7-8-19-15(17-18-16(19)22)14-4-3-9-23-14/h3-6,9-10H,7-8H2,1-2H3,(H,18,22). The van der Waals surface area contributed by atoms with Gasteiger partial charge in [-0.25, -0.2) is 0 Å². The summed E-state index contributed by atoms with van der Waals surface area (Å²) in [5.74, 6) is 2.35. The molecular formula is C16H17N3O2S2. The summed E-state index contributed by atoms with van der Waals surface area (Å²) >= 11 is 7.01. The van der Waals surface area contributed by atoms with Crippen molar-refractivity contribution in [2.45, 2.75) is 13.0 Å². The van der Waals surface area contributed by atoms with Gasteiger partial charge in [0.2, 0.25) is 0 Å². The molecule has 0 atom stereocenters. The van der Waals surface area contributed by atoms with Gasteiger partial charge in [-0.05, 0) is 47.8 Å². The van der Waals surface area contributed by atoms with E-state index in [0.717, 1.165) is 40.7 Å². The maximum atomic E-state index is 5.36. The Labute approximate surface area is 143 Å². The minimum Gasteiger partial charge on any atom is -0.493 e. The van der Waals surface area contributed by atoms with Crippen LogP contribution in [-0.4, -0.2) is 29.0 Å². The molecule has 120 valence electrons. The molecule has 0 fully saturated rings. The van der Waals surface area contributed by atoms with Crippen LogP contribution in [0.1, 0.15) is 5.56 Å². The summed E-state index contributed by atoms with van der Waals surface area (Å²) in [6.45, 7) is 0.748. The van der Waals surface area contributed by atoms with E-state index in [1.54, 1.807) is 25.6 Å². The first-order valence-electron chi connectivity index (χ1n) is 7.13. The van der Waals surface area contributed by atoms with Crippen molar-refractivity contribution in [3.8, 4) is 22.2 Å². The maximum Gasteiger partial charge on any atom is 0.195 e. The maximum absolute atomic E-state index is 5.36. The molecular weight excluding hydrogens is 330 g/mol. The minimum absolute atomic E-state index is 0.633. The fourth-order valence-corrected chi connectivity index (χ4v) is 3.34. The van der Waals surface area contributed by atoms with Crippen molar-refractivity contribution in [1.29, 1.82) is 0 Å². The van der Waals surface area contributed by atoms with Crippen molar-refractivity contribution in [3.05, 3.63) is 46.0 Å².